The normalized spacial score (nSPS) is 13.1. The van der Waals surface area contributed by atoms with Crippen LogP contribution in [-0.2, 0) is 11.3 Å². The van der Waals surface area contributed by atoms with Crippen LogP contribution in [0.3, 0.4) is 0 Å². The van der Waals surface area contributed by atoms with Crippen molar-refractivity contribution in [2.24, 2.45) is 0 Å². The van der Waals surface area contributed by atoms with Crippen LogP contribution in [0.15, 0.2) is 18.2 Å². The number of hydrogen-bond acceptors (Lipinski definition) is 3. The number of benzene rings is 1. The van der Waals surface area contributed by atoms with Crippen molar-refractivity contribution in [3.05, 3.63) is 29.6 Å². The van der Waals surface area contributed by atoms with E-state index in [1.807, 2.05) is 6.92 Å². The number of aryl methyl sites for hydroxylation is 1. The minimum atomic E-state index is 0.360. The summed E-state index contributed by atoms with van der Waals surface area (Å²) in [4.78, 5) is 7.63. The number of aromatic nitrogens is 2. The second-order valence-corrected chi connectivity index (χ2v) is 4.41. The molecular weight excluding hydrogens is 214 g/mol. The van der Waals surface area contributed by atoms with E-state index < -0.39 is 0 Å². The van der Waals surface area contributed by atoms with Crippen LogP contribution in [-0.4, -0.2) is 29.7 Å². The fourth-order valence-electron chi connectivity index (χ4n) is 1.90. The first-order valence-electron chi connectivity index (χ1n) is 5.86. The number of fused-ring (bicyclic) bond motifs is 1. The minimum Gasteiger partial charge on any atom is -0.383 e. The SMILES string of the molecule is COC[C@@H](C)NCc1ccc2nc(C)[nH]c2c1. The van der Waals surface area contributed by atoms with Gasteiger partial charge in [-0.25, -0.2) is 4.98 Å². The van der Waals surface area contributed by atoms with E-state index in [9.17, 15) is 0 Å². The second-order valence-electron chi connectivity index (χ2n) is 4.41. The summed E-state index contributed by atoms with van der Waals surface area (Å²) in [5, 5.41) is 3.41. The van der Waals surface area contributed by atoms with Crippen molar-refractivity contribution in [2.45, 2.75) is 26.4 Å². The van der Waals surface area contributed by atoms with E-state index in [-0.39, 0.29) is 0 Å². The van der Waals surface area contributed by atoms with Gasteiger partial charge in [0.1, 0.15) is 5.82 Å². The smallest absolute Gasteiger partial charge is 0.104 e. The maximum Gasteiger partial charge on any atom is 0.104 e. The molecule has 0 aliphatic carbocycles. The van der Waals surface area contributed by atoms with Crippen LogP contribution in [0.2, 0.25) is 0 Å². The fraction of sp³-hybridized carbons (Fsp3) is 0.462. The lowest BCUT2D eigenvalue weighted by Gasteiger charge is -2.12. The number of aromatic amines is 1. The summed E-state index contributed by atoms with van der Waals surface area (Å²) in [5.41, 5.74) is 3.38. The average molecular weight is 233 g/mol. The number of ether oxygens (including phenoxy) is 1. The van der Waals surface area contributed by atoms with Gasteiger partial charge in [0, 0.05) is 19.7 Å². The highest BCUT2D eigenvalue weighted by atomic mass is 16.5. The highest BCUT2D eigenvalue weighted by Crippen LogP contribution is 2.13. The number of hydrogen-bond donors (Lipinski definition) is 2. The van der Waals surface area contributed by atoms with E-state index in [2.05, 4.69) is 40.4 Å². The Bertz CT molecular complexity index is 492. The van der Waals surface area contributed by atoms with Crippen molar-refractivity contribution >= 4 is 11.0 Å². The quantitative estimate of drug-likeness (QED) is 0.830. The van der Waals surface area contributed by atoms with Gasteiger partial charge in [-0.1, -0.05) is 6.07 Å². The second kappa shape index (κ2) is 5.29. The Morgan fingerprint density at radius 2 is 2.29 bits per heavy atom. The topological polar surface area (TPSA) is 49.9 Å². The molecule has 4 heteroatoms. The maximum atomic E-state index is 5.09. The zero-order valence-corrected chi connectivity index (χ0v) is 10.6. The van der Waals surface area contributed by atoms with Crippen LogP contribution in [0, 0.1) is 6.92 Å². The Balaban J connectivity index is 2.03. The third-order valence-corrected chi connectivity index (χ3v) is 2.74. The van der Waals surface area contributed by atoms with E-state index in [0.29, 0.717) is 6.04 Å². The Morgan fingerprint density at radius 1 is 1.47 bits per heavy atom. The number of nitrogens with zero attached hydrogens (tertiary/aromatic N) is 1. The van der Waals surface area contributed by atoms with E-state index in [4.69, 9.17) is 4.74 Å². The molecule has 92 valence electrons. The molecule has 2 rings (SSSR count). The molecule has 0 radical (unpaired) electrons. The minimum absolute atomic E-state index is 0.360. The standard InChI is InChI=1S/C13H19N3O/c1-9(8-17-3)14-7-11-4-5-12-13(6-11)16-10(2)15-12/h4-6,9,14H,7-8H2,1-3H3,(H,15,16)/t9-/m1/s1. The molecule has 2 aromatic rings. The monoisotopic (exact) mass is 233 g/mol. The van der Waals surface area contributed by atoms with Crippen molar-refractivity contribution in [1.29, 1.82) is 0 Å². The number of methoxy groups -OCH3 is 1. The Morgan fingerprint density at radius 3 is 3.06 bits per heavy atom. The molecule has 0 saturated heterocycles. The highest BCUT2D eigenvalue weighted by molar-refractivity contribution is 5.75. The molecule has 1 aromatic carbocycles. The summed E-state index contributed by atoms with van der Waals surface area (Å²) in [6.45, 7) is 5.66. The maximum absolute atomic E-state index is 5.09. The molecule has 1 atom stereocenters. The summed E-state index contributed by atoms with van der Waals surface area (Å²) in [6, 6.07) is 6.66. The van der Waals surface area contributed by atoms with Gasteiger partial charge < -0.3 is 15.0 Å². The Kier molecular flexibility index (Phi) is 3.76. The molecule has 0 unspecified atom stereocenters. The summed E-state index contributed by atoms with van der Waals surface area (Å²) >= 11 is 0. The molecule has 2 N–H and O–H groups in total. The van der Waals surface area contributed by atoms with Gasteiger partial charge in [-0.2, -0.15) is 0 Å². The van der Waals surface area contributed by atoms with Crippen molar-refractivity contribution in [3.63, 3.8) is 0 Å². The Labute approximate surface area is 101 Å². The third kappa shape index (κ3) is 3.05. The molecule has 17 heavy (non-hydrogen) atoms. The van der Waals surface area contributed by atoms with Crippen LogP contribution in [0.4, 0.5) is 0 Å². The molecule has 0 spiro atoms. The zero-order chi connectivity index (χ0) is 12.3. The van der Waals surface area contributed by atoms with Crippen molar-refractivity contribution in [2.75, 3.05) is 13.7 Å². The lowest BCUT2D eigenvalue weighted by atomic mass is 10.2. The van der Waals surface area contributed by atoms with Gasteiger partial charge in [0.2, 0.25) is 0 Å². The summed E-state index contributed by atoms with van der Waals surface area (Å²) in [6.07, 6.45) is 0. The number of imidazole rings is 1. The Hall–Kier alpha value is -1.39. The van der Waals surface area contributed by atoms with Gasteiger partial charge in [0.05, 0.1) is 17.6 Å². The van der Waals surface area contributed by atoms with E-state index in [1.54, 1.807) is 7.11 Å². The van der Waals surface area contributed by atoms with Gasteiger partial charge in [-0.15, -0.1) is 0 Å². The van der Waals surface area contributed by atoms with E-state index in [0.717, 1.165) is 30.0 Å². The highest BCUT2D eigenvalue weighted by Gasteiger charge is 2.03. The molecule has 4 nitrogen and oxygen atoms in total. The van der Waals surface area contributed by atoms with Gasteiger partial charge in [0.25, 0.3) is 0 Å². The number of H-pyrrole nitrogens is 1. The molecule has 1 heterocycles. The predicted molar refractivity (Wildman–Crippen MR) is 69.0 cm³/mol. The fourth-order valence-corrected chi connectivity index (χ4v) is 1.90. The van der Waals surface area contributed by atoms with Gasteiger partial charge in [-0.3, -0.25) is 0 Å². The van der Waals surface area contributed by atoms with Crippen molar-refractivity contribution in [3.8, 4) is 0 Å². The molecular formula is C13H19N3O. The predicted octanol–water partition coefficient (Wildman–Crippen LogP) is 2.00. The van der Waals surface area contributed by atoms with Crippen molar-refractivity contribution < 1.29 is 4.74 Å². The van der Waals surface area contributed by atoms with Crippen LogP contribution >= 0.6 is 0 Å². The van der Waals surface area contributed by atoms with Gasteiger partial charge >= 0.3 is 0 Å². The lowest BCUT2D eigenvalue weighted by Crippen LogP contribution is -2.29. The van der Waals surface area contributed by atoms with Crippen LogP contribution in [0.25, 0.3) is 11.0 Å². The molecule has 0 saturated carbocycles. The van der Waals surface area contributed by atoms with E-state index >= 15 is 0 Å². The molecule has 0 bridgehead atoms. The lowest BCUT2D eigenvalue weighted by molar-refractivity contribution is 0.171. The molecule has 1 aromatic heterocycles. The van der Waals surface area contributed by atoms with Gasteiger partial charge in [-0.05, 0) is 31.5 Å². The molecule has 0 fully saturated rings. The van der Waals surface area contributed by atoms with Crippen LogP contribution in [0.1, 0.15) is 18.3 Å². The molecule has 0 amide bonds. The summed E-state index contributed by atoms with van der Waals surface area (Å²) in [7, 11) is 1.72. The molecule has 0 aliphatic rings. The number of nitrogens with one attached hydrogen (secondary N) is 2. The zero-order valence-electron chi connectivity index (χ0n) is 10.6. The first-order chi connectivity index (χ1) is 8.19. The first kappa shape index (κ1) is 12.1. The summed E-state index contributed by atoms with van der Waals surface area (Å²) < 4.78 is 5.09. The van der Waals surface area contributed by atoms with Crippen LogP contribution < -0.4 is 5.32 Å². The average Bonchev–Trinajstić information content (AvgIpc) is 2.66. The third-order valence-electron chi connectivity index (χ3n) is 2.74. The number of rotatable bonds is 5. The van der Waals surface area contributed by atoms with E-state index in [1.165, 1.54) is 5.56 Å². The van der Waals surface area contributed by atoms with Crippen molar-refractivity contribution in [1.82, 2.24) is 15.3 Å². The van der Waals surface area contributed by atoms with Crippen LogP contribution in [0.5, 0.6) is 0 Å². The van der Waals surface area contributed by atoms with Gasteiger partial charge in [0.15, 0.2) is 0 Å². The first-order valence-corrected chi connectivity index (χ1v) is 5.86. The summed E-state index contributed by atoms with van der Waals surface area (Å²) in [5.74, 6) is 0.956. The molecule has 0 aliphatic heterocycles. The largest absolute Gasteiger partial charge is 0.383 e.